The summed E-state index contributed by atoms with van der Waals surface area (Å²) in [4.78, 5) is 64.9. The maximum atomic E-state index is 14.2. The zero-order valence-corrected chi connectivity index (χ0v) is 47.7. The van der Waals surface area contributed by atoms with Gasteiger partial charge in [-0.2, -0.15) is 36.3 Å². The SMILES string of the molecule is CC(CSc1ccccc1O)N1CCCC1.CC(CSc1ccccc1Oc1ccc(-c2noc(CN3C(=O)NC(C)(C)C3=O)n2)cc1C(F)(F)F)N1CCCC1.CC1(C)NC(=O)N(Cc2nc(-c3ccc(F)c(C(F)(F)F)c3)no2)C1=O. The van der Waals surface area contributed by atoms with Crippen LogP contribution in [0, 0.1) is 5.82 Å². The van der Waals surface area contributed by atoms with E-state index in [-0.39, 0.29) is 53.4 Å². The highest BCUT2D eigenvalue weighted by molar-refractivity contribution is 7.99. The van der Waals surface area contributed by atoms with Gasteiger partial charge in [-0.3, -0.25) is 29.2 Å². The monoisotopic (exact) mass is 1200 g/mol. The Bertz CT molecular complexity index is 3290. The summed E-state index contributed by atoms with van der Waals surface area (Å²) in [6.07, 6.45) is -4.56. The number of carbonyl (C=O) groups excluding carboxylic acids is 4. The second-order valence-corrected chi connectivity index (χ2v) is 23.3. The zero-order valence-electron chi connectivity index (χ0n) is 46.1. The molecule has 4 saturated heterocycles. The van der Waals surface area contributed by atoms with Crippen molar-refractivity contribution in [1.82, 2.24) is 50.5 Å². The summed E-state index contributed by atoms with van der Waals surface area (Å²) in [5.41, 5.74) is -4.70. The van der Waals surface area contributed by atoms with Gasteiger partial charge in [0.15, 0.2) is 0 Å². The van der Waals surface area contributed by atoms with E-state index in [0.29, 0.717) is 35.7 Å². The van der Waals surface area contributed by atoms with Gasteiger partial charge in [0, 0.05) is 39.6 Å². The molecule has 0 saturated carbocycles. The molecule has 2 aromatic heterocycles. The lowest BCUT2D eigenvalue weighted by atomic mass is 10.1. The molecule has 6 aromatic rings. The fourth-order valence-corrected chi connectivity index (χ4v) is 11.4. The molecule has 2 unspecified atom stereocenters. The van der Waals surface area contributed by atoms with Crippen molar-refractivity contribution in [3.05, 3.63) is 114 Å². The molecule has 4 aliphatic heterocycles. The van der Waals surface area contributed by atoms with Crippen molar-refractivity contribution in [2.24, 2.45) is 0 Å². The number of nitrogens with one attached hydrogen (secondary N) is 2. The minimum Gasteiger partial charge on any atom is -0.507 e. The topological polar surface area (TPSA) is 213 Å². The first-order chi connectivity index (χ1) is 39.2. The van der Waals surface area contributed by atoms with Crippen LogP contribution >= 0.6 is 23.5 Å². The van der Waals surface area contributed by atoms with Crippen LogP contribution in [0.15, 0.2) is 104 Å². The van der Waals surface area contributed by atoms with Gasteiger partial charge in [0.1, 0.15) is 47.2 Å². The number of phenolic OH excluding ortho intramolecular Hbond substituents is 1. The summed E-state index contributed by atoms with van der Waals surface area (Å²) >= 11 is 3.30. The highest BCUT2D eigenvalue weighted by Crippen LogP contribution is 2.43. The van der Waals surface area contributed by atoms with E-state index in [0.717, 1.165) is 56.3 Å². The van der Waals surface area contributed by atoms with Gasteiger partial charge in [-0.05, 0) is 154 Å². The second kappa shape index (κ2) is 25.7. The third-order valence-corrected chi connectivity index (χ3v) is 16.5. The van der Waals surface area contributed by atoms with Crippen molar-refractivity contribution in [3.63, 3.8) is 0 Å². The molecular formula is C56H61F7N10O8S2. The van der Waals surface area contributed by atoms with E-state index in [1.807, 2.05) is 30.3 Å². The Balaban J connectivity index is 0.000000182. The van der Waals surface area contributed by atoms with E-state index >= 15 is 0 Å². The summed E-state index contributed by atoms with van der Waals surface area (Å²) in [7, 11) is 0. The fourth-order valence-electron chi connectivity index (χ4n) is 9.28. The third-order valence-electron chi connectivity index (χ3n) is 13.9. The highest BCUT2D eigenvalue weighted by atomic mass is 32.2. The van der Waals surface area contributed by atoms with Crippen LogP contribution in [-0.4, -0.2) is 130 Å². The summed E-state index contributed by atoms with van der Waals surface area (Å²) in [5.74, 6) is -0.779. The number of imide groups is 2. The van der Waals surface area contributed by atoms with Gasteiger partial charge in [-0.25, -0.2) is 14.0 Å². The first kappa shape index (κ1) is 61.8. The average molecular weight is 1200 g/mol. The predicted molar refractivity (Wildman–Crippen MR) is 292 cm³/mol. The van der Waals surface area contributed by atoms with Crippen LogP contribution in [0.3, 0.4) is 0 Å². The summed E-state index contributed by atoms with van der Waals surface area (Å²) in [6, 6.07) is 20.1. The molecule has 27 heteroatoms. The summed E-state index contributed by atoms with van der Waals surface area (Å²) in [6.45, 7) is 14.5. The van der Waals surface area contributed by atoms with Crippen LogP contribution in [0.5, 0.6) is 17.2 Å². The molecule has 83 heavy (non-hydrogen) atoms. The Morgan fingerprint density at radius 3 is 1.51 bits per heavy atom. The number of rotatable bonds is 16. The van der Waals surface area contributed by atoms with Gasteiger partial charge in [0.2, 0.25) is 23.4 Å². The van der Waals surface area contributed by atoms with Crippen molar-refractivity contribution in [3.8, 4) is 40.0 Å². The molecule has 3 N–H and O–H groups in total. The number of halogens is 7. The van der Waals surface area contributed by atoms with E-state index in [2.05, 4.69) is 54.6 Å². The standard InChI is InChI=1S/C28H30F3N5O4S.C15H12F4N4O3.C13H19NOS/c1-17(35-12-6-7-13-35)16-41-22-9-5-4-8-21(22)39-20-11-10-18(14-19(20)28(29,30)31)24-32-23(40-34-24)15-36-25(37)27(2,3)33-26(36)38;1-14(2)12(24)23(13(25)21-14)6-10-20-11(22-26-10)7-3-4-9(16)8(5-7)15(17,18)19;1-11(14-8-4-5-9-14)10-16-13-7-3-2-6-12(13)15/h4-5,8-11,14,17H,6-7,12-13,15-16H2,1-3H3,(H,33,38);3-5H,6H2,1-2H3,(H,21,25);2-3,6-7,11,15H,4-5,8-10H2,1H3. The zero-order chi connectivity index (χ0) is 60.0. The molecule has 4 aromatic carbocycles. The van der Waals surface area contributed by atoms with Crippen molar-refractivity contribution < 1.29 is 68.8 Å². The van der Waals surface area contributed by atoms with Crippen molar-refractivity contribution in [2.75, 3.05) is 37.7 Å². The van der Waals surface area contributed by atoms with Crippen LogP contribution in [0.25, 0.3) is 22.8 Å². The minimum atomic E-state index is -4.88. The Hall–Kier alpha value is -7.23. The largest absolute Gasteiger partial charge is 0.507 e. The molecule has 6 heterocycles. The van der Waals surface area contributed by atoms with E-state index in [9.17, 15) is 55.0 Å². The highest BCUT2D eigenvalue weighted by Gasteiger charge is 2.46. The number of alkyl halides is 6. The van der Waals surface area contributed by atoms with E-state index in [1.165, 1.54) is 64.8 Å². The van der Waals surface area contributed by atoms with Gasteiger partial charge >= 0.3 is 24.4 Å². The lowest BCUT2D eigenvalue weighted by molar-refractivity contribution is -0.140. The van der Waals surface area contributed by atoms with E-state index in [4.69, 9.17) is 13.8 Å². The molecule has 18 nitrogen and oxygen atoms in total. The van der Waals surface area contributed by atoms with Crippen LogP contribution in [0.1, 0.15) is 90.1 Å². The number of thioether (sulfide) groups is 2. The molecule has 0 aliphatic carbocycles. The lowest BCUT2D eigenvalue weighted by Crippen LogP contribution is -2.40. The second-order valence-electron chi connectivity index (χ2n) is 21.1. The normalized spacial score (nSPS) is 17.9. The number of ether oxygens (including phenoxy) is 1. The van der Waals surface area contributed by atoms with Gasteiger partial charge in [-0.15, -0.1) is 23.5 Å². The number of urea groups is 2. The Labute approximate surface area is 481 Å². The molecule has 0 spiro atoms. The van der Waals surface area contributed by atoms with Gasteiger partial charge < -0.3 is 29.5 Å². The number of aromatic nitrogens is 4. The van der Waals surface area contributed by atoms with Crippen molar-refractivity contribution >= 4 is 47.4 Å². The van der Waals surface area contributed by atoms with Crippen LogP contribution in [-0.2, 0) is 35.0 Å². The maximum Gasteiger partial charge on any atom is 0.420 e. The van der Waals surface area contributed by atoms with E-state index < -0.39 is 64.3 Å². The molecular weight excluding hydrogens is 1140 g/mol. The predicted octanol–water partition coefficient (Wildman–Crippen LogP) is 11.6. The smallest absolute Gasteiger partial charge is 0.420 e. The number of hydrogen-bond acceptors (Lipinski definition) is 16. The summed E-state index contributed by atoms with van der Waals surface area (Å²) < 4.78 is 110. The fraction of sp³-hybridized carbons (Fsp3) is 0.429. The van der Waals surface area contributed by atoms with Crippen molar-refractivity contribution in [1.29, 1.82) is 0 Å². The van der Waals surface area contributed by atoms with Crippen molar-refractivity contribution in [2.45, 2.75) is 126 Å². The number of benzene rings is 4. The molecule has 444 valence electrons. The Kier molecular flexibility index (Phi) is 19.2. The first-order valence-electron chi connectivity index (χ1n) is 26.5. The Morgan fingerprint density at radius 1 is 0.614 bits per heavy atom. The molecule has 4 fully saturated rings. The number of nitrogens with zero attached hydrogens (tertiary/aromatic N) is 8. The molecule has 10 rings (SSSR count). The van der Waals surface area contributed by atoms with E-state index in [1.54, 1.807) is 55.6 Å². The minimum absolute atomic E-state index is 0.0410. The first-order valence-corrected chi connectivity index (χ1v) is 28.5. The number of amides is 6. The molecule has 4 aliphatic rings. The molecule has 0 bridgehead atoms. The number of phenols is 1. The summed E-state index contributed by atoms with van der Waals surface area (Å²) in [5, 5.41) is 21.9. The molecule has 0 radical (unpaired) electrons. The lowest BCUT2D eigenvalue weighted by Gasteiger charge is -2.23. The molecule has 6 amide bonds. The van der Waals surface area contributed by atoms with Crippen LogP contribution < -0.4 is 15.4 Å². The third kappa shape index (κ3) is 15.3. The number of aromatic hydroxyl groups is 1. The average Bonchev–Trinajstić information content (AvgIpc) is 4.23. The van der Waals surface area contributed by atoms with Gasteiger partial charge in [0.25, 0.3) is 11.8 Å². The van der Waals surface area contributed by atoms with Crippen LogP contribution in [0.4, 0.5) is 40.3 Å². The number of carbonyl (C=O) groups is 4. The van der Waals surface area contributed by atoms with Gasteiger partial charge in [-0.1, -0.05) is 34.6 Å². The Morgan fingerprint density at radius 2 is 1.05 bits per heavy atom. The quantitative estimate of drug-likeness (QED) is 0.0467. The molecule has 2 atom stereocenters. The van der Waals surface area contributed by atoms with Gasteiger partial charge in [0.05, 0.1) is 16.0 Å². The van der Waals surface area contributed by atoms with Crippen LogP contribution in [0.2, 0.25) is 0 Å². The number of hydrogen-bond donors (Lipinski definition) is 3. The number of likely N-dealkylation sites (tertiary alicyclic amines) is 2. The number of para-hydroxylation sites is 2. The maximum absolute atomic E-state index is 14.2.